The van der Waals surface area contributed by atoms with Crippen LogP contribution in [0.1, 0.15) is 25.8 Å². The second kappa shape index (κ2) is 6.78. The fourth-order valence-electron chi connectivity index (χ4n) is 1.60. The number of anilines is 1. The maximum atomic E-state index is 12.9. The highest BCUT2D eigenvalue weighted by atomic mass is 19.3. The maximum absolute atomic E-state index is 12.9. The SMILES string of the molecule is CCNC(=O)C(C)Nc1ccc([N+](=O)[O-])cc1C(F)F. The lowest BCUT2D eigenvalue weighted by Crippen LogP contribution is -2.37. The van der Waals surface area contributed by atoms with Crippen LogP contribution in [0.3, 0.4) is 0 Å². The Morgan fingerprint density at radius 2 is 2.10 bits per heavy atom. The lowest BCUT2D eigenvalue weighted by molar-refractivity contribution is -0.385. The molecule has 0 aromatic heterocycles. The molecule has 0 radical (unpaired) electrons. The molecule has 20 heavy (non-hydrogen) atoms. The molecule has 0 saturated heterocycles. The third kappa shape index (κ3) is 3.87. The van der Waals surface area contributed by atoms with Crippen LogP contribution in [-0.4, -0.2) is 23.4 Å². The van der Waals surface area contributed by atoms with Gasteiger partial charge in [0, 0.05) is 29.9 Å². The van der Waals surface area contributed by atoms with Gasteiger partial charge in [0.05, 0.1) is 4.92 Å². The predicted octanol–water partition coefficient (Wildman–Crippen LogP) is 2.47. The van der Waals surface area contributed by atoms with Gasteiger partial charge in [0.2, 0.25) is 5.91 Å². The van der Waals surface area contributed by atoms with E-state index in [4.69, 9.17) is 0 Å². The second-order valence-corrected chi connectivity index (χ2v) is 4.09. The van der Waals surface area contributed by atoms with Crippen molar-refractivity contribution >= 4 is 17.3 Å². The van der Waals surface area contributed by atoms with Gasteiger partial charge in [-0.1, -0.05) is 0 Å². The number of rotatable bonds is 6. The summed E-state index contributed by atoms with van der Waals surface area (Å²) >= 11 is 0. The van der Waals surface area contributed by atoms with Gasteiger partial charge in [-0.05, 0) is 19.9 Å². The van der Waals surface area contributed by atoms with E-state index in [9.17, 15) is 23.7 Å². The molecule has 0 bridgehead atoms. The van der Waals surface area contributed by atoms with Crippen LogP contribution in [0.4, 0.5) is 20.2 Å². The Labute approximate surface area is 114 Å². The molecular formula is C12H15F2N3O3. The molecule has 1 unspecified atom stereocenters. The van der Waals surface area contributed by atoms with Crippen LogP contribution in [0.2, 0.25) is 0 Å². The molecule has 1 atom stereocenters. The number of halogens is 2. The molecular weight excluding hydrogens is 272 g/mol. The lowest BCUT2D eigenvalue weighted by Gasteiger charge is -2.17. The highest BCUT2D eigenvalue weighted by Gasteiger charge is 2.20. The van der Waals surface area contributed by atoms with Crippen LogP contribution in [0.15, 0.2) is 18.2 Å². The zero-order valence-electron chi connectivity index (χ0n) is 11.0. The summed E-state index contributed by atoms with van der Waals surface area (Å²) in [5.74, 6) is -0.342. The Hall–Kier alpha value is -2.25. The number of alkyl halides is 2. The van der Waals surface area contributed by atoms with E-state index in [0.29, 0.717) is 6.54 Å². The third-order valence-corrected chi connectivity index (χ3v) is 2.60. The average Bonchev–Trinajstić information content (AvgIpc) is 2.38. The summed E-state index contributed by atoms with van der Waals surface area (Å²) in [5, 5.41) is 15.8. The van der Waals surface area contributed by atoms with Gasteiger partial charge in [-0.2, -0.15) is 0 Å². The molecule has 0 aliphatic heterocycles. The van der Waals surface area contributed by atoms with Crippen LogP contribution in [-0.2, 0) is 4.79 Å². The van der Waals surface area contributed by atoms with Crippen LogP contribution in [0, 0.1) is 10.1 Å². The quantitative estimate of drug-likeness (QED) is 0.622. The number of nitrogens with one attached hydrogen (secondary N) is 2. The summed E-state index contributed by atoms with van der Waals surface area (Å²) in [6.07, 6.45) is -2.88. The first-order chi connectivity index (χ1) is 9.36. The van der Waals surface area contributed by atoms with Crippen molar-refractivity contribution in [3.8, 4) is 0 Å². The van der Waals surface area contributed by atoms with Crippen molar-refractivity contribution in [1.29, 1.82) is 0 Å². The molecule has 8 heteroatoms. The average molecular weight is 287 g/mol. The number of benzene rings is 1. The largest absolute Gasteiger partial charge is 0.374 e. The Kier molecular flexibility index (Phi) is 5.36. The van der Waals surface area contributed by atoms with E-state index in [1.54, 1.807) is 6.92 Å². The fraction of sp³-hybridized carbons (Fsp3) is 0.417. The van der Waals surface area contributed by atoms with Crippen molar-refractivity contribution in [3.63, 3.8) is 0 Å². The van der Waals surface area contributed by atoms with Crippen molar-refractivity contribution in [1.82, 2.24) is 5.32 Å². The number of likely N-dealkylation sites (N-methyl/N-ethyl adjacent to an activating group) is 1. The molecule has 0 spiro atoms. The Morgan fingerprint density at radius 3 is 2.60 bits per heavy atom. The van der Waals surface area contributed by atoms with Crippen molar-refractivity contribution in [2.24, 2.45) is 0 Å². The smallest absolute Gasteiger partial charge is 0.270 e. The normalized spacial score (nSPS) is 12.1. The molecule has 1 aromatic rings. The van der Waals surface area contributed by atoms with Gasteiger partial charge < -0.3 is 10.6 Å². The highest BCUT2D eigenvalue weighted by molar-refractivity contribution is 5.84. The summed E-state index contributed by atoms with van der Waals surface area (Å²) in [6, 6.07) is 2.36. The molecule has 0 fully saturated rings. The standard InChI is InChI=1S/C12H15F2N3O3/c1-3-15-12(18)7(2)16-10-5-4-8(17(19)20)6-9(10)11(13)14/h4-7,11,16H,3H2,1-2H3,(H,15,18). The van der Waals surface area contributed by atoms with Gasteiger partial charge in [0.1, 0.15) is 6.04 Å². The van der Waals surface area contributed by atoms with Crippen LogP contribution < -0.4 is 10.6 Å². The van der Waals surface area contributed by atoms with Crippen LogP contribution in [0.5, 0.6) is 0 Å². The van der Waals surface area contributed by atoms with E-state index in [0.717, 1.165) is 12.1 Å². The number of hydrogen-bond acceptors (Lipinski definition) is 4. The number of hydrogen-bond donors (Lipinski definition) is 2. The van der Waals surface area contributed by atoms with E-state index >= 15 is 0 Å². The molecule has 0 aliphatic rings. The first-order valence-corrected chi connectivity index (χ1v) is 5.97. The number of carbonyl (C=O) groups is 1. The van der Waals surface area contributed by atoms with Gasteiger partial charge >= 0.3 is 0 Å². The summed E-state index contributed by atoms with van der Waals surface area (Å²) in [6.45, 7) is 3.68. The van der Waals surface area contributed by atoms with Crippen LogP contribution in [0.25, 0.3) is 0 Å². The minimum atomic E-state index is -2.88. The molecule has 6 nitrogen and oxygen atoms in total. The maximum Gasteiger partial charge on any atom is 0.270 e. The zero-order valence-corrected chi connectivity index (χ0v) is 11.0. The Morgan fingerprint density at radius 1 is 1.45 bits per heavy atom. The van der Waals surface area contributed by atoms with Gasteiger partial charge in [-0.3, -0.25) is 14.9 Å². The first kappa shape index (κ1) is 15.8. The molecule has 1 amide bonds. The number of carbonyl (C=O) groups excluding carboxylic acids is 1. The molecule has 0 aliphatic carbocycles. The number of nitro groups is 1. The number of non-ortho nitro benzene ring substituents is 1. The third-order valence-electron chi connectivity index (χ3n) is 2.60. The van der Waals surface area contributed by atoms with Gasteiger partial charge in [-0.25, -0.2) is 8.78 Å². The summed E-state index contributed by atoms with van der Waals surface area (Å²) in [5.41, 5.74) is -0.920. The second-order valence-electron chi connectivity index (χ2n) is 4.09. The van der Waals surface area contributed by atoms with Gasteiger partial charge in [0.15, 0.2) is 0 Å². The van der Waals surface area contributed by atoms with E-state index in [-0.39, 0.29) is 11.6 Å². The Bertz CT molecular complexity index is 509. The number of nitrogens with zero attached hydrogens (tertiary/aromatic N) is 1. The molecule has 110 valence electrons. The minimum absolute atomic E-state index is 0.00403. The zero-order chi connectivity index (χ0) is 15.3. The summed E-state index contributed by atoms with van der Waals surface area (Å²) in [7, 11) is 0. The molecule has 0 heterocycles. The van der Waals surface area contributed by atoms with Crippen molar-refractivity contribution in [2.45, 2.75) is 26.3 Å². The van der Waals surface area contributed by atoms with E-state index in [2.05, 4.69) is 10.6 Å². The van der Waals surface area contributed by atoms with Gasteiger partial charge in [0.25, 0.3) is 12.1 Å². The van der Waals surface area contributed by atoms with Gasteiger partial charge in [-0.15, -0.1) is 0 Å². The highest BCUT2D eigenvalue weighted by Crippen LogP contribution is 2.31. The summed E-state index contributed by atoms with van der Waals surface area (Å²) in [4.78, 5) is 21.4. The van der Waals surface area contributed by atoms with Crippen molar-refractivity contribution in [3.05, 3.63) is 33.9 Å². The monoisotopic (exact) mass is 287 g/mol. The van der Waals surface area contributed by atoms with E-state index in [1.165, 1.54) is 13.0 Å². The van der Waals surface area contributed by atoms with E-state index < -0.39 is 28.6 Å². The predicted molar refractivity (Wildman–Crippen MR) is 69.8 cm³/mol. The number of amides is 1. The van der Waals surface area contributed by atoms with Crippen molar-refractivity contribution in [2.75, 3.05) is 11.9 Å². The summed E-state index contributed by atoms with van der Waals surface area (Å²) < 4.78 is 25.8. The molecule has 1 aromatic carbocycles. The number of nitro benzene ring substituents is 1. The fourth-order valence-corrected chi connectivity index (χ4v) is 1.60. The topological polar surface area (TPSA) is 84.3 Å². The molecule has 0 saturated carbocycles. The van der Waals surface area contributed by atoms with E-state index in [1.807, 2.05) is 0 Å². The minimum Gasteiger partial charge on any atom is -0.374 e. The van der Waals surface area contributed by atoms with Crippen molar-refractivity contribution < 1.29 is 18.5 Å². The first-order valence-electron chi connectivity index (χ1n) is 5.97. The van der Waals surface area contributed by atoms with Crippen LogP contribution >= 0.6 is 0 Å². The lowest BCUT2D eigenvalue weighted by atomic mass is 10.1. The molecule has 1 rings (SSSR count). The Balaban J connectivity index is 3.00. The molecule has 2 N–H and O–H groups in total.